The van der Waals surface area contributed by atoms with Crippen molar-refractivity contribution < 1.29 is 18.7 Å². The third-order valence-corrected chi connectivity index (χ3v) is 4.16. The molecule has 3 rings (SSSR count). The molecule has 29 heavy (non-hydrogen) atoms. The average molecular weight is 394 g/mol. The van der Waals surface area contributed by atoms with Crippen molar-refractivity contribution >= 4 is 34.2 Å². The number of carbonyl (C=O) groups is 2. The van der Waals surface area contributed by atoms with Crippen LogP contribution >= 0.6 is 0 Å². The third kappa shape index (κ3) is 5.44. The van der Waals surface area contributed by atoms with Crippen LogP contribution in [0.1, 0.15) is 25.8 Å². The minimum atomic E-state index is -0.408. The molecule has 0 spiro atoms. The minimum Gasteiger partial charge on any atom is -0.484 e. The van der Waals surface area contributed by atoms with Crippen LogP contribution in [0.2, 0.25) is 0 Å². The lowest BCUT2D eigenvalue weighted by Gasteiger charge is -2.10. The van der Waals surface area contributed by atoms with Crippen LogP contribution in [0.3, 0.4) is 0 Å². The summed E-state index contributed by atoms with van der Waals surface area (Å²) in [5.74, 6) is -0.121. The number of carbonyl (C=O) groups excluding carboxylic acids is 2. The number of benzene rings is 2. The van der Waals surface area contributed by atoms with E-state index in [0.29, 0.717) is 22.7 Å². The van der Waals surface area contributed by atoms with E-state index in [1.807, 2.05) is 13.0 Å². The molecule has 150 valence electrons. The number of hydrogen-bond donors (Lipinski definition) is 2. The normalized spacial score (nSPS) is 10.6. The van der Waals surface area contributed by atoms with Gasteiger partial charge in [-0.1, -0.05) is 19.4 Å². The molecule has 1 aromatic heterocycles. The molecule has 0 bridgehead atoms. The fraction of sp³-hybridized carbons (Fsp3) is 0.227. The Hall–Kier alpha value is -3.61. The van der Waals surface area contributed by atoms with E-state index in [1.165, 1.54) is 13.0 Å². The van der Waals surface area contributed by atoms with Crippen LogP contribution in [-0.4, -0.2) is 18.4 Å². The lowest BCUT2D eigenvalue weighted by molar-refractivity contribution is -0.118. The Morgan fingerprint density at radius 2 is 1.79 bits per heavy atom. The summed E-state index contributed by atoms with van der Waals surface area (Å²) in [7, 11) is 0. The first-order valence-corrected chi connectivity index (χ1v) is 9.31. The molecule has 0 aliphatic carbocycles. The second kappa shape index (κ2) is 9.05. The van der Waals surface area contributed by atoms with Crippen LogP contribution in [0.4, 0.5) is 11.4 Å². The molecule has 2 amide bonds. The summed E-state index contributed by atoms with van der Waals surface area (Å²) in [5.41, 5.74) is 2.08. The first-order chi connectivity index (χ1) is 13.9. The Morgan fingerprint density at radius 3 is 2.52 bits per heavy atom. The molecule has 0 saturated carbocycles. The highest BCUT2D eigenvalue weighted by Crippen LogP contribution is 2.23. The predicted octanol–water partition coefficient (Wildman–Crippen LogP) is 3.72. The highest BCUT2D eigenvalue weighted by Gasteiger charge is 2.09. The molecule has 0 aliphatic rings. The molecule has 2 aromatic carbocycles. The fourth-order valence-electron chi connectivity index (χ4n) is 3.00. The van der Waals surface area contributed by atoms with Gasteiger partial charge in [-0.15, -0.1) is 0 Å². The summed E-state index contributed by atoms with van der Waals surface area (Å²) < 4.78 is 10.8. The van der Waals surface area contributed by atoms with Gasteiger partial charge in [-0.2, -0.15) is 0 Å². The van der Waals surface area contributed by atoms with Gasteiger partial charge in [0.15, 0.2) is 6.61 Å². The van der Waals surface area contributed by atoms with Crippen LogP contribution < -0.4 is 21.0 Å². The van der Waals surface area contributed by atoms with Crippen molar-refractivity contribution in [2.24, 2.45) is 0 Å². The molecule has 0 aliphatic heterocycles. The van der Waals surface area contributed by atoms with E-state index in [-0.39, 0.29) is 18.4 Å². The van der Waals surface area contributed by atoms with Crippen molar-refractivity contribution in [2.45, 2.75) is 26.7 Å². The molecule has 7 nitrogen and oxygen atoms in total. The second-order valence-electron chi connectivity index (χ2n) is 6.60. The first kappa shape index (κ1) is 20.1. The van der Waals surface area contributed by atoms with Crippen LogP contribution in [0.5, 0.6) is 5.75 Å². The standard InChI is InChI=1S/C22H22N2O5/c1-3-5-15-10-22(27)29-20-12-18(8-9-19(15)20)28-13-21(26)24-17-7-4-6-16(11-17)23-14(2)25/h4,6-12H,3,5,13H2,1-2H3,(H,23,25)(H,24,26). The quantitative estimate of drug-likeness (QED) is 0.595. The Kier molecular flexibility index (Phi) is 6.29. The average Bonchev–Trinajstić information content (AvgIpc) is 2.66. The van der Waals surface area contributed by atoms with Gasteiger partial charge in [0.1, 0.15) is 11.3 Å². The van der Waals surface area contributed by atoms with E-state index in [4.69, 9.17) is 9.15 Å². The summed E-state index contributed by atoms with van der Waals surface area (Å²) in [4.78, 5) is 35.1. The van der Waals surface area contributed by atoms with Crippen LogP contribution in [0.25, 0.3) is 11.0 Å². The number of rotatable bonds is 7. The molecular weight excluding hydrogens is 372 g/mol. The number of aryl methyl sites for hydroxylation is 1. The number of anilines is 2. The van der Waals surface area contributed by atoms with Gasteiger partial charge in [0.05, 0.1) is 0 Å². The maximum absolute atomic E-state index is 12.2. The van der Waals surface area contributed by atoms with Gasteiger partial charge >= 0.3 is 5.63 Å². The molecular formula is C22H22N2O5. The lowest BCUT2D eigenvalue weighted by atomic mass is 10.1. The molecule has 0 radical (unpaired) electrons. The van der Waals surface area contributed by atoms with Crippen molar-refractivity contribution in [1.82, 2.24) is 0 Å². The largest absolute Gasteiger partial charge is 0.484 e. The van der Waals surface area contributed by atoms with E-state index >= 15 is 0 Å². The van der Waals surface area contributed by atoms with Crippen molar-refractivity contribution in [3.63, 3.8) is 0 Å². The molecule has 0 saturated heterocycles. The Bertz CT molecular complexity index is 1100. The number of hydrogen-bond acceptors (Lipinski definition) is 5. The zero-order valence-corrected chi connectivity index (χ0v) is 16.3. The van der Waals surface area contributed by atoms with Gasteiger partial charge in [-0.05, 0) is 42.3 Å². The Morgan fingerprint density at radius 1 is 1.03 bits per heavy atom. The lowest BCUT2D eigenvalue weighted by Crippen LogP contribution is -2.20. The van der Waals surface area contributed by atoms with E-state index < -0.39 is 5.63 Å². The van der Waals surface area contributed by atoms with Gasteiger partial charge in [0.2, 0.25) is 5.91 Å². The summed E-state index contributed by atoms with van der Waals surface area (Å²) >= 11 is 0. The molecule has 1 heterocycles. The van der Waals surface area contributed by atoms with Crippen molar-refractivity contribution in [2.75, 3.05) is 17.2 Å². The summed E-state index contributed by atoms with van der Waals surface area (Å²) in [6, 6.07) is 13.5. The van der Waals surface area contributed by atoms with Crippen LogP contribution in [-0.2, 0) is 16.0 Å². The number of amides is 2. The van der Waals surface area contributed by atoms with E-state index in [0.717, 1.165) is 23.8 Å². The van der Waals surface area contributed by atoms with E-state index in [9.17, 15) is 14.4 Å². The smallest absolute Gasteiger partial charge is 0.336 e. The fourth-order valence-corrected chi connectivity index (χ4v) is 3.00. The van der Waals surface area contributed by atoms with Gasteiger partial charge in [0, 0.05) is 35.8 Å². The maximum atomic E-state index is 12.2. The van der Waals surface area contributed by atoms with Crippen LogP contribution in [0.15, 0.2) is 57.7 Å². The highest BCUT2D eigenvalue weighted by molar-refractivity contribution is 5.94. The third-order valence-electron chi connectivity index (χ3n) is 4.16. The molecule has 7 heteroatoms. The topological polar surface area (TPSA) is 97.6 Å². The minimum absolute atomic E-state index is 0.193. The number of nitrogens with one attached hydrogen (secondary N) is 2. The SMILES string of the molecule is CCCc1cc(=O)oc2cc(OCC(=O)Nc3cccc(NC(C)=O)c3)ccc12. The van der Waals surface area contributed by atoms with E-state index in [1.54, 1.807) is 36.4 Å². The summed E-state index contributed by atoms with van der Waals surface area (Å²) in [6.07, 6.45) is 1.70. The predicted molar refractivity (Wildman–Crippen MR) is 111 cm³/mol. The zero-order valence-electron chi connectivity index (χ0n) is 16.3. The highest BCUT2D eigenvalue weighted by atomic mass is 16.5. The number of fused-ring (bicyclic) bond motifs is 1. The van der Waals surface area contributed by atoms with Gasteiger partial charge < -0.3 is 19.8 Å². The van der Waals surface area contributed by atoms with Crippen molar-refractivity contribution in [3.8, 4) is 5.75 Å². The molecule has 3 aromatic rings. The molecule has 2 N–H and O–H groups in total. The Labute approximate surface area is 167 Å². The maximum Gasteiger partial charge on any atom is 0.336 e. The molecule has 0 unspecified atom stereocenters. The van der Waals surface area contributed by atoms with Gasteiger partial charge in [-0.3, -0.25) is 9.59 Å². The Balaban J connectivity index is 1.66. The second-order valence-corrected chi connectivity index (χ2v) is 6.60. The van der Waals surface area contributed by atoms with Crippen molar-refractivity contribution in [3.05, 3.63) is 64.5 Å². The number of ether oxygens (including phenoxy) is 1. The van der Waals surface area contributed by atoms with Crippen LogP contribution in [0, 0.1) is 0 Å². The molecule has 0 fully saturated rings. The van der Waals surface area contributed by atoms with Crippen molar-refractivity contribution in [1.29, 1.82) is 0 Å². The van der Waals surface area contributed by atoms with Gasteiger partial charge in [0.25, 0.3) is 5.91 Å². The molecule has 0 atom stereocenters. The monoisotopic (exact) mass is 394 g/mol. The summed E-state index contributed by atoms with van der Waals surface area (Å²) in [6.45, 7) is 3.24. The van der Waals surface area contributed by atoms with Gasteiger partial charge in [-0.25, -0.2) is 4.79 Å². The summed E-state index contributed by atoms with van der Waals surface area (Å²) in [5, 5.41) is 6.22. The zero-order chi connectivity index (χ0) is 20.8. The van der Waals surface area contributed by atoms with E-state index in [2.05, 4.69) is 10.6 Å². The first-order valence-electron chi connectivity index (χ1n) is 9.31.